The maximum absolute atomic E-state index is 5.78. The van der Waals surface area contributed by atoms with Crippen LogP contribution in [0, 0.1) is 0 Å². The van der Waals surface area contributed by atoms with E-state index in [-0.39, 0.29) is 0 Å². The largest absolute Gasteiger partial charge is 0.399 e. The number of hydrogen-bond acceptors (Lipinski definition) is 2. The molecule has 1 heterocycles. The number of anilines is 1. The first-order valence-corrected chi connectivity index (χ1v) is 7.55. The normalized spacial score (nSPS) is 14.8. The molecule has 1 saturated carbocycles. The van der Waals surface area contributed by atoms with Crippen LogP contribution < -0.4 is 5.73 Å². The van der Waals surface area contributed by atoms with Crippen LogP contribution in [0.1, 0.15) is 18.9 Å². The summed E-state index contributed by atoms with van der Waals surface area (Å²) >= 11 is 3.52. The van der Waals surface area contributed by atoms with E-state index in [1.54, 1.807) is 0 Å². The van der Waals surface area contributed by atoms with Crippen molar-refractivity contribution in [3.8, 4) is 11.4 Å². The first-order valence-electron chi connectivity index (χ1n) is 6.76. The van der Waals surface area contributed by atoms with Crippen molar-refractivity contribution < 1.29 is 0 Å². The number of fused-ring (bicyclic) bond motifs is 1. The van der Waals surface area contributed by atoms with Crippen molar-refractivity contribution in [3.05, 3.63) is 46.9 Å². The van der Waals surface area contributed by atoms with Gasteiger partial charge in [0.05, 0.1) is 11.0 Å². The van der Waals surface area contributed by atoms with E-state index in [2.05, 4.69) is 38.7 Å². The minimum atomic E-state index is 0.591. The molecule has 4 heteroatoms. The lowest BCUT2D eigenvalue weighted by Gasteiger charge is -2.07. The van der Waals surface area contributed by atoms with Crippen LogP contribution in [0.15, 0.2) is 46.9 Å². The van der Waals surface area contributed by atoms with Crippen molar-refractivity contribution in [3.63, 3.8) is 0 Å². The Kier molecular flexibility index (Phi) is 2.60. The van der Waals surface area contributed by atoms with Crippen LogP contribution in [0.4, 0.5) is 5.69 Å². The molecule has 100 valence electrons. The van der Waals surface area contributed by atoms with Crippen LogP contribution in [-0.2, 0) is 0 Å². The number of rotatable bonds is 2. The van der Waals surface area contributed by atoms with E-state index in [0.717, 1.165) is 27.1 Å². The molecule has 1 aliphatic carbocycles. The Morgan fingerprint density at radius 2 is 1.85 bits per heavy atom. The van der Waals surface area contributed by atoms with Crippen molar-refractivity contribution in [2.24, 2.45) is 0 Å². The van der Waals surface area contributed by atoms with Gasteiger partial charge in [0, 0.05) is 21.8 Å². The summed E-state index contributed by atoms with van der Waals surface area (Å²) in [5.41, 5.74) is 9.93. The van der Waals surface area contributed by atoms with Gasteiger partial charge in [-0.05, 0) is 55.3 Å². The molecular formula is C16H14BrN3. The lowest BCUT2D eigenvalue weighted by Crippen LogP contribution is -1.97. The summed E-state index contributed by atoms with van der Waals surface area (Å²) in [6.45, 7) is 0. The van der Waals surface area contributed by atoms with E-state index in [4.69, 9.17) is 10.7 Å². The molecule has 0 bridgehead atoms. The second kappa shape index (κ2) is 4.35. The van der Waals surface area contributed by atoms with E-state index in [9.17, 15) is 0 Å². The molecule has 1 aliphatic rings. The van der Waals surface area contributed by atoms with Gasteiger partial charge in [-0.3, -0.25) is 0 Å². The van der Waals surface area contributed by atoms with Crippen LogP contribution in [0.3, 0.4) is 0 Å². The third kappa shape index (κ3) is 1.91. The van der Waals surface area contributed by atoms with E-state index < -0.39 is 0 Å². The maximum atomic E-state index is 5.78. The molecule has 2 aromatic carbocycles. The predicted octanol–water partition coefficient (Wildman–Crippen LogP) is 4.38. The molecular weight excluding hydrogens is 314 g/mol. The monoisotopic (exact) mass is 327 g/mol. The summed E-state index contributed by atoms with van der Waals surface area (Å²) in [6.07, 6.45) is 2.48. The number of imidazole rings is 1. The van der Waals surface area contributed by atoms with Gasteiger partial charge in [0.1, 0.15) is 5.82 Å². The third-order valence-electron chi connectivity index (χ3n) is 3.73. The fourth-order valence-corrected chi connectivity index (χ4v) is 2.96. The van der Waals surface area contributed by atoms with Gasteiger partial charge in [-0.1, -0.05) is 15.9 Å². The zero-order valence-corrected chi connectivity index (χ0v) is 12.5. The van der Waals surface area contributed by atoms with Crippen LogP contribution in [0.2, 0.25) is 0 Å². The van der Waals surface area contributed by atoms with Gasteiger partial charge in [-0.15, -0.1) is 0 Å². The Hall–Kier alpha value is -1.81. The number of nitrogen functional groups attached to an aromatic ring is 1. The van der Waals surface area contributed by atoms with Gasteiger partial charge in [-0.25, -0.2) is 4.98 Å². The number of halogens is 1. The summed E-state index contributed by atoms with van der Waals surface area (Å²) in [5, 5.41) is 0. The highest BCUT2D eigenvalue weighted by Crippen LogP contribution is 2.41. The van der Waals surface area contributed by atoms with E-state index >= 15 is 0 Å². The SMILES string of the molecule is Nc1ccc(-c2nc3cc(Br)ccc3n2C2CC2)cc1. The second-order valence-corrected chi connectivity index (χ2v) is 6.21. The molecule has 0 radical (unpaired) electrons. The van der Waals surface area contributed by atoms with Crippen LogP contribution in [0.25, 0.3) is 22.4 Å². The fourth-order valence-electron chi connectivity index (χ4n) is 2.61. The Morgan fingerprint density at radius 1 is 1.10 bits per heavy atom. The van der Waals surface area contributed by atoms with Gasteiger partial charge >= 0.3 is 0 Å². The topological polar surface area (TPSA) is 43.8 Å². The molecule has 0 spiro atoms. The van der Waals surface area contributed by atoms with E-state index in [1.165, 1.54) is 18.4 Å². The standard InChI is InChI=1S/C16H14BrN3/c17-11-3-8-15-14(9-11)19-16(20(15)13-6-7-13)10-1-4-12(18)5-2-10/h1-5,8-9,13H,6-7,18H2. The van der Waals surface area contributed by atoms with Gasteiger partial charge in [0.2, 0.25) is 0 Å². The molecule has 3 nitrogen and oxygen atoms in total. The van der Waals surface area contributed by atoms with Crippen LogP contribution in [-0.4, -0.2) is 9.55 Å². The lowest BCUT2D eigenvalue weighted by atomic mass is 10.2. The molecule has 1 fully saturated rings. The van der Waals surface area contributed by atoms with E-state index in [1.807, 2.05) is 24.3 Å². The maximum Gasteiger partial charge on any atom is 0.141 e. The van der Waals surface area contributed by atoms with Crippen molar-refractivity contribution >= 4 is 32.7 Å². The van der Waals surface area contributed by atoms with Gasteiger partial charge in [0.15, 0.2) is 0 Å². The molecule has 3 aromatic rings. The van der Waals surface area contributed by atoms with E-state index in [0.29, 0.717) is 6.04 Å². The Balaban J connectivity index is 1.97. The second-order valence-electron chi connectivity index (χ2n) is 5.29. The molecule has 0 amide bonds. The number of benzene rings is 2. The Morgan fingerprint density at radius 3 is 2.55 bits per heavy atom. The molecule has 0 atom stereocenters. The molecule has 20 heavy (non-hydrogen) atoms. The number of nitrogens with zero attached hydrogens (tertiary/aromatic N) is 2. The summed E-state index contributed by atoms with van der Waals surface area (Å²) < 4.78 is 3.43. The van der Waals surface area contributed by atoms with Crippen molar-refractivity contribution in [2.75, 3.05) is 5.73 Å². The Labute approximate surface area is 125 Å². The molecule has 2 N–H and O–H groups in total. The van der Waals surface area contributed by atoms with Crippen molar-refractivity contribution in [2.45, 2.75) is 18.9 Å². The molecule has 1 aromatic heterocycles. The minimum absolute atomic E-state index is 0.591. The molecule has 0 saturated heterocycles. The average Bonchev–Trinajstić information content (AvgIpc) is 3.20. The fraction of sp³-hybridized carbons (Fsp3) is 0.188. The predicted molar refractivity (Wildman–Crippen MR) is 85.6 cm³/mol. The average molecular weight is 328 g/mol. The lowest BCUT2D eigenvalue weighted by molar-refractivity contribution is 0.775. The Bertz CT molecular complexity index is 785. The highest BCUT2D eigenvalue weighted by atomic mass is 79.9. The zero-order chi connectivity index (χ0) is 13.7. The quantitative estimate of drug-likeness (QED) is 0.709. The summed E-state index contributed by atoms with van der Waals surface area (Å²) in [6, 6.07) is 14.9. The van der Waals surface area contributed by atoms with Crippen molar-refractivity contribution in [1.29, 1.82) is 0 Å². The highest BCUT2D eigenvalue weighted by Gasteiger charge is 2.28. The first-order chi connectivity index (χ1) is 9.72. The summed E-state index contributed by atoms with van der Waals surface area (Å²) in [5.74, 6) is 1.04. The number of hydrogen-bond donors (Lipinski definition) is 1. The number of nitrogens with two attached hydrogens (primary N) is 1. The zero-order valence-electron chi connectivity index (χ0n) is 10.9. The third-order valence-corrected chi connectivity index (χ3v) is 4.23. The van der Waals surface area contributed by atoms with Crippen LogP contribution in [0.5, 0.6) is 0 Å². The van der Waals surface area contributed by atoms with Gasteiger partial charge in [-0.2, -0.15) is 0 Å². The smallest absolute Gasteiger partial charge is 0.141 e. The summed E-state index contributed by atoms with van der Waals surface area (Å²) in [7, 11) is 0. The summed E-state index contributed by atoms with van der Waals surface area (Å²) in [4.78, 5) is 4.83. The van der Waals surface area contributed by atoms with Crippen LogP contribution >= 0.6 is 15.9 Å². The minimum Gasteiger partial charge on any atom is -0.399 e. The molecule has 0 aliphatic heterocycles. The van der Waals surface area contributed by atoms with Gasteiger partial charge in [0.25, 0.3) is 0 Å². The highest BCUT2D eigenvalue weighted by molar-refractivity contribution is 9.10. The number of aromatic nitrogens is 2. The molecule has 0 unspecified atom stereocenters. The van der Waals surface area contributed by atoms with Gasteiger partial charge < -0.3 is 10.3 Å². The van der Waals surface area contributed by atoms with Crippen molar-refractivity contribution in [1.82, 2.24) is 9.55 Å². The first kappa shape index (κ1) is 12.0. The molecule has 4 rings (SSSR count).